The summed E-state index contributed by atoms with van der Waals surface area (Å²) in [6.07, 6.45) is 3.71. The van der Waals surface area contributed by atoms with Gasteiger partial charge in [0.25, 0.3) is 0 Å². The fourth-order valence-electron chi connectivity index (χ4n) is 2.60. The fourth-order valence-corrected chi connectivity index (χ4v) is 2.60. The Hall–Kier alpha value is -1.35. The Bertz CT molecular complexity index is 478. The number of carbonyl (C=O) groups excluding carboxylic acids is 1. The number of hydrogen-bond donors (Lipinski definition) is 1. The van der Waals surface area contributed by atoms with Gasteiger partial charge < -0.3 is 10.1 Å². The number of rotatable bonds is 7. The highest BCUT2D eigenvalue weighted by molar-refractivity contribution is 5.76. The standard InChI is InChI=1S/C17H25NO2/c1-13-4-5-15(14(2)10-13)6-7-16(19)18-11-17(8-9-17)12-20-3/h4-5,10H,6-9,11-12H2,1-3H3,(H,18,19). The van der Waals surface area contributed by atoms with Crippen molar-refractivity contribution in [2.24, 2.45) is 5.41 Å². The van der Waals surface area contributed by atoms with Gasteiger partial charge >= 0.3 is 0 Å². The molecule has 0 unspecified atom stereocenters. The number of methoxy groups -OCH3 is 1. The summed E-state index contributed by atoms with van der Waals surface area (Å²) in [5.41, 5.74) is 4.04. The van der Waals surface area contributed by atoms with Gasteiger partial charge in [-0.2, -0.15) is 0 Å². The van der Waals surface area contributed by atoms with Crippen molar-refractivity contribution < 1.29 is 9.53 Å². The SMILES string of the molecule is COCC1(CNC(=O)CCc2ccc(C)cc2C)CC1. The molecule has 0 bridgehead atoms. The molecule has 1 aliphatic carbocycles. The van der Waals surface area contributed by atoms with Crippen molar-refractivity contribution >= 4 is 5.91 Å². The van der Waals surface area contributed by atoms with E-state index in [-0.39, 0.29) is 11.3 Å². The summed E-state index contributed by atoms with van der Waals surface area (Å²) in [4.78, 5) is 11.9. The molecule has 1 aliphatic rings. The number of ether oxygens (including phenoxy) is 1. The maximum Gasteiger partial charge on any atom is 0.220 e. The first-order valence-corrected chi connectivity index (χ1v) is 7.36. The van der Waals surface area contributed by atoms with E-state index < -0.39 is 0 Å². The third-order valence-corrected chi connectivity index (χ3v) is 4.19. The number of amides is 1. The van der Waals surface area contributed by atoms with Crippen LogP contribution in [0.1, 0.15) is 36.0 Å². The molecular formula is C17H25NO2. The maximum atomic E-state index is 11.9. The molecule has 0 spiro atoms. The van der Waals surface area contributed by atoms with E-state index in [2.05, 4.69) is 37.4 Å². The predicted molar refractivity (Wildman–Crippen MR) is 80.8 cm³/mol. The van der Waals surface area contributed by atoms with E-state index >= 15 is 0 Å². The van der Waals surface area contributed by atoms with E-state index in [1.54, 1.807) is 7.11 Å². The van der Waals surface area contributed by atoms with E-state index in [9.17, 15) is 4.79 Å². The minimum atomic E-state index is 0.146. The second-order valence-corrected chi connectivity index (χ2v) is 6.14. The first-order chi connectivity index (χ1) is 9.54. The summed E-state index contributed by atoms with van der Waals surface area (Å²) < 4.78 is 5.21. The largest absolute Gasteiger partial charge is 0.384 e. The number of hydrogen-bond acceptors (Lipinski definition) is 2. The Balaban J connectivity index is 1.75. The molecule has 0 saturated heterocycles. The molecule has 1 N–H and O–H groups in total. The van der Waals surface area contributed by atoms with Crippen molar-refractivity contribution in [2.45, 2.75) is 39.5 Å². The molecule has 1 aromatic rings. The smallest absolute Gasteiger partial charge is 0.220 e. The molecule has 3 nitrogen and oxygen atoms in total. The highest BCUT2D eigenvalue weighted by atomic mass is 16.5. The quantitative estimate of drug-likeness (QED) is 0.831. The van der Waals surface area contributed by atoms with E-state index in [1.807, 2.05) is 0 Å². The minimum absolute atomic E-state index is 0.146. The third kappa shape index (κ3) is 4.07. The lowest BCUT2D eigenvalue weighted by molar-refractivity contribution is -0.121. The van der Waals surface area contributed by atoms with Crippen LogP contribution in [0.15, 0.2) is 18.2 Å². The van der Waals surface area contributed by atoms with Crippen LogP contribution in [0.4, 0.5) is 0 Å². The van der Waals surface area contributed by atoms with Crippen LogP contribution in [-0.2, 0) is 16.0 Å². The molecule has 110 valence electrons. The van der Waals surface area contributed by atoms with Gasteiger partial charge in [0.1, 0.15) is 0 Å². The van der Waals surface area contributed by atoms with Crippen LogP contribution in [-0.4, -0.2) is 26.2 Å². The van der Waals surface area contributed by atoms with E-state index in [0.717, 1.165) is 32.4 Å². The molecule has 1 saturated carbocycles. The Kier molecular flexibility index (Phi) is 4.81. The topological polar surface area (TPSA) is 38.3 Å². The number of benzene rings is 1. The molecule has 1 amide bonds. The summed E-state index contributed by atoms with van der Waals surface area (Å²) in [5, 5.41) is 3.05. The van der Waals surface area contributed by atoms with Gasteiger partial charge in [0.05, 0.1) is 6.61 Å². The van der Waals surface area contributed by atoms with Crippen molar-refractivity contribution in [1.82, 2.24) is 5.32 Å². The van der Waals surface area contributed by atoms with Crippen molar-refractivity contribution in [1.29, 1.82) is 0 Å². The van der Waals surface area contributed by atoms with Crippen molar-refractivity contribution in [3.8, 4) is 0 Å². The van der Waals surface area contributed by atoms with E-state index in [1.165, 1.54) is 16.7 Å². The van der Waals surface area contributed by atoms with Crippen LogP contribution in [0.25, 0.3) is 0 Å². The normalized spacial score (nSPS) is 15.9. The molecule has 0 heterocycles. The van der Waals surface area contributed by atoms with Crippen LogP contribution in [0.2, 0.25) is 0 Å². The van der Waals surface area contributed by atoms with Crippen LogP contribution < -0.4 is 5.32 Å². The van der Waals surface area contributed by atoms with E-state index in [4.69, 9.17) is 4.74 Å². The molecule has 20 heavy (non-hydrogen) atoms. The molecule has 0 aromatic heterocycles. The first-order valence-electron chi connectivity index (χ1n) is 7.36. The summed E-state index contributed by atoms with van der Waals surface area (Å²) >= 11 is 0. The van der Waals surface area contributed by atoms with Gasteiger partial charge in [-0.25, -0.2) is 0 Å². The molecule has 1 aromatic carbocycles. The summed E-state index contributed by atoms with van der Waals surface area (Å²) in [6, 6.07) is 6.41. The fraction of sp³-hybridized carbons (Fsp3) is 0.588. The Morgan fingerprint density at radius 1 is 1.35 bits per heavy atom. The average molecular weight is 275 g/mol. The van der Waals surface area contributed by atoms with Gasteiger partial charge in [-0.3, -0.25) is 4.79 Å². The lowest BCUT2D eigenvalue weighted by Gasteiger charge is -2.15. The predicted octanol–water partition coefficient (Wildman–Crippen LogP) is 2.78. The Labute approximate surface area is 121 Å². The molecular weight excluding hydrogens is 250 g/mol. The molecule has 1 fully saturated rings. The van der Waals surface area contributed by atoms with Crippen LogP contribution in [0.5, 0.6) is 0 Å². The monoisotopic (exact) mass is 275 g/mol. The minimum Gasteiger partial charge on any atom is -0.384 e. The summed E-state index contributed by atoms with van der Waals surface area (Å²) in [6.45, 7) is 5.71. The van der Waals surface area contributed by atoms with Crippen molar-refractivity contribution in [3.05, 3.63) is 34.9 Å². The number of carbonyl (C=O) groups is 1. The molecule has 2 rings (SSSR count). The Morgan fingerprint density at radius 3 is 2.70 bits per heavy atom. The highest BCUT2D eigenvalue weighted by Crippen LogP contribution is 2.45. The number of nitrogens with one attached hydrogen (secondary N) is 1. The second-order valence-electron chi connectivity index (χ2n) is 6.14. The van der Waals surface area contributed by atoms with Gasteiger partial charge in [0.15, 0.2) is 0 Å². The lowest BCUT2D eigenvalue weighted by Crippen LogP contribution is -2.32. The van der Waals surface area contributed by atoms with Crippen LogP contribution in [0.3, 0.4) is 0 Å². The lowest BCUT2D eigenvalue weighted by atomic mass is 10.0. The summed E-state index contributed by atoms with van der Waals surface area (Å²) in [7, 11) is 1.72. The van der Waals surface area contributed by atoms with Gasteiger partial charge in [0, 0.05) is 25.5 Å². The first kappa shape index (κ1) is 15.0. The molecule has 3 heteroatoms. The van der Waals surface area contributed by atoms with Crippen LogP contribution in [0, 0.1) is 19.3 Å². The zero-order valence-corrected chi connectivity index (χ0v) is 12.8. The third-order valence-electron chi connectivity index (χ3n) is 4.19. The van der Waals surface area contributed by atoms with Gasteiger partial charge in [-0.1, -0.05) is 23.8 Å². The van der Waals surface area contributed by atoms with Crippen LogP contribution >= 0.6 is 0 Å². The van der Waals surface area contributed by atoms with Crippen molar-refractivity contribution in [2.75, 3.05) is 20.3 Å². The molecule has 0 radical (unpaired) electrons. The average Bonchev–Trinajstić information content (AvgIpc) is 3.16. The zero-order valence-electron chi connectivity index (χ0n) is 12.8. The maximum absolute atomic E-state index is 11.9. The summed E-state index contributed by atoms with van der Waals surface area (Å²) in [5.74, 6) is 0.146. The molecule has 0 aliphatic heterocycles. The molecule has 0 atom stereocenters. The van der Waals surface area contributed by atoms with Crippen molar-refractivity contribution in [3.63, 3.8) is 0 Å². The number of aryl methyl sites for hydroxylation is 3. The van der Waals surface area contributed by atoms with Gasteiger partial charge in [0.2, 0.25) is 5.91 Å². The van der Waals surface area contributed by atoms with Gasteiger partial charge in [-0.05, 0) is 44.2 Å². The highest BCUT2D eigenvalue weighted by Gasteiger charge is 2.42. The van der Waals surface area contributed by atoms with E-state index in [0.29, 0.717) is 6.42 Å². The Morgan fingerprint density at radius 2 is 2.10 bits per heavy atom. The second kappa shape index (κ2) is 6.40. The zero-order chi connectivity index (χ0) is 14.6. The van der Waals surface area contributed by atoms with Gasteiger partial charge in [-0.15, -0.1) is 0 Å².